The number of ether oxygens (including phenoxy) is 2. The lowest BCUT2D eigenvalue weighted by Crippen LogP contribution is -2.47. The van der Waals surface area contributed by atoms with Crippen LogP contribution in [-0.2, 0) is 4.74 Å². The molecule has 0 radical (unpaired) electrons. The van der Waals surface area contributed by atoms with Crippen LogP contribution >= 0.6 is 0 Å². The molecule has 0 aromatic heterocycles. The minimum atomic E-state index is -1.04. The maximum Gasteiger partial charge on any atom is 0.251 e. The van der Waals surface area contributed by atoms with Crippen molar-refractivity contribution in [1.29, 1.82) is 0 Å². The zero-order valence-corrected chi connectivity index (χ0v) is 11.5. The van der Waals surface area contributed by atoms with Crippen LogP contribution in [0.4, 0.5) is 0 Å². The lowest BCUT2D eigenvalue weighted by atomic mass is 9.96. The highest BCUT2D eigenvalue weighted by atomic mass is 16.5. The molecule has 0 saturated carbocycles. The number of amides is 1. The number of carbonyl (C=O) groups excluding carboxylic acids is 1. The molecule has 0 spiro atoms. The second-order valence-corrected chi connectivity index (χ2v) is 4.94. The van der Waals surface area contributed by atoms with Gasteiger partial charge in [0, 0.05) is 25.1 Å². The number of phenolic OH excluding ortho intramolecular Hbond substituents is 1. The zero-order chi connectivity index (χ0) is 14.8. The van der Waals surface area contributed by atoms with Gasteiger partial charge in [-0.3, -0.25) is 4.79 Å². The summed E-state index contributed by atoms with van der Waals surface area (Å²) in [6.07, 6.45) is 0.176. The van der Waals surface area contributed by atoms with Crippen LogP contribution in [-0.4, -0.2) is 48.1 Å². The molecule has 1 fully saturated rings. The summed E-state index contributed by atoms with van der Waals surface area (Å²) in [6, 6.07) is 4.39. The number of aromatic hydroxyl groups is 1. The van der Waals surface area contributed by atoms with Crippen LogP contribution in [0.3, 0.4) is 0 Å². The van der Waals surface area contributed by atoms with Gasteiger partial charge in [0.15, 0.2) is 11.5 Å². The predicted molar refractivity (Wildman–Crippen MR) is 72.0 cm³/mol. The van der Waals surface area contributed by atoms with Crippen LogP contribution in [0.1, 0.15) is 23.7 Å². The van der Waals surface area contributed by atoms with Crippen LogP contribution in [0, 0.1) is 0 Å². The molecular weight excluding hydrogens is 262 g/mol. The number of hydrogen-bond donors (Lipinski definition) is 3. The zero-order valence-electron chi connectivity index (χ0n) is 11.5. The Morgan fingerprint density at radius 1 is 1.60 bits per heavy atom. The Morgan fingerprint density at radius 2 is 2.35 bits per heavy atom. The average Bonchev–Trinajstić information content (AvgIpc) is 2.76. The topological polar surface area (TPSA) is 88.0 Å². The molecule has 0 aliphatic carbocycles. The van der Waals surface area contributed by atoms with Crippen molar-refractivity contribution in [1.82, 2.24) is 5.32 Å². The Labute approximate surface area is 117 Å². The Kier molecular flexibility index (Phi) is 4.15. The van der Waals surface area contributed by atoms with E-state index < -0.39 is 5.60 Å². The molecule has 1 aromatic carbocycles. The Bertz CT molecular complexity index is 504. The average molecular weight is 281 g/mol. The largest absolute Gasteiger partial charge is 0.504 e. The second-order valence-electron chi connectivity index (χ2n) is 4.94. The first kappa shape index (κ1) is 14.6. The third-order valence-electron chi connectivity index (χ3n) is 3.66. The molecule has 110 valence electrons. The van der Waals surface area contributed by atoms with Crippen LogP contribution < -0.4 is 10.1 Å². The van der Waals surface area contributed by atoms with Gasteiger partial charge in [-0.2, -0.15) is 0 Å². The minimum absolute atomic E-state index is 0.101. The van der Waals surface area contributed by atoms with Gasteiger partial charge in [0.1, 0.15) is 5.60 Å². The molecule has 1 aliphatic rings. The minimum Gasteiger partial charge on any atom is -0.504 e. The molecule has 2 rings (SSSR count). The maximum atomic E-state index is 12.0. The van der Waals surface area contributed by atoms with Crippen molar-refractivity contribution in [2.24, 2.45) is 0 Å². The number of phenols is 1. The molecule has 6 heteroatoms. The first-order valence-corrected chi connectivity index (χ1v) is 6.45. The SMILES string of the molecule is COc1ccc(C(=O)NCC2(O)CCOC2C)cc1O. The Morgan fingerprint density at radius 3 is 2.90 bits per heavy atom. The molecule has 2 unspecified atom stereocenters. The van der Waals surface area contributed by atoms with E-state index in [9.17, 15) is 15.0 Å². The van der Waals surface area contributed by atoms with E-state index in [1.54, 1.807) is 13.0 Å². The van der Waals surface area contributed by atoms with Crippen molar-refractivity contribution in [3.05, 3.63) is 23.8 Å². The number of nitrogens with one attached hydrogen (secondary N) is 1. The number of hydrogen-bond acceptors (Lipinski definition) is 5. The van der Waals surface area contributed by atoms with E-state index >= 15 is 0 Å². The predicted octanol–water partition coefficient (Wildman–Crippen LogP) is 0.670. The molecule has 20 heavy (non-hydrogen) atoms. The van der Waals surface area contributed by atoms with Gasteiger partial charge in [-0.15, -0.1) is 0 Å². The molecule has 1 aromatic rings. The van der Waals surface area contributed by atoms with Crippen LogP contribution in [0.15, 0.2) is 18.2 Å². The highest BCUT2D eigenvalue weighted by molar-refractivity contribution is 5.94. The summed E-state index contributed by atoms with van der Waals surface area (Å²) in [6.45, 7) is 2.37. The number of carbonyl (C=O) groups is 1. The summed E-state index contributed by atoms with van der Waals surface area (Å²) in [5.41, 5.74) is -0.733. The van der Waals surface area contributed by atoms with E-state index in [0.717, 1.165) is 0 Å². The van der Waals surface area contributed by atoms with Crippen molar-refractivity contribution >= 4 is 5.91 Å². The van der Waals surface area contributed by atoms with Crippen LogP contribution in [0.2, 0.25) is 0 Å². The van der Waals surface area contributed by atoms with Gasteiger partial charge in [0.25, 0.3) is 5.91 Å². The summed E-state index contributed by atoms with van der Waals surface area (Å²) in [7, 11) is 1.44. The Balaban J connectivity index is 2.00. The molecule has 0 bridgehead atoms. The number of methoxy groups -OCH3 is 1. The fourth-order valence-electron chi connectivity index (χ4n) is 2.17. The molecule has 2 atom stereocenters. The monoisotopic (exact) mass is 281 g/mol. The first-order chi connectivity index (χ1) is 9.46. The highest BCUT2D eigenvalue weighted by Gasteiger charge is 2.39. The van der Waals surface area contributed by atoms with Crippen LogP contribution in [0.25, 0.3) is 0 Å². The van der Waals surface area contributed by atoms with Gasteiger partial charge >= 0.3 is 0 Å². The molecule has 1 amide bonds. The van der Waals surface area contributed by atoms with E-state index in [0.29, 0.717) is 24.3 Å². The summed E-state index contributed by atoms with van der Waals surface area (Å²) in [4.78, 5) is 12.0. The maximum absolute atomic E-state index is 12.0. The van der Waals surface area contributed by atoms with Crippen molar-refractivity contribution in [2.45, 2.75) is 25.0 Å². The third-order valence-corrected chi connectivity index (χ3v) is 3.66. The van der Waals surface area contributed by atoms with E-state index in [2.05, 4.69) is 5.32 Å². The van der Waals surface area contributed by atoms with Gasteiger partial charge in [0.2, 0.25) is 0 Å². The van der Waals surface area contributed by atoms with Gasteiger partial charge in [-0.05, 0) is 25.1 Å². The quantitative estimate of drug-likeness (QED) is 0.755. The number of benzene rings is 1. The lowest BCUT2D eigenvalue weighted by molar-refractivity contribution is -0.0251. The second kappa shape index (κ2) is 5.68. The summed E-state index contributed by atoms with van der Waals surface area (Å²) >= 11 is 0. The van der Waals surface area contributed by atoms with Crippen LogP contribution in [0.5, 0.6) is 11.5 Å². The highest BCUT2D eigenvalue weighted by Crippen LogP contribution is 2.27. The fraction of sp³-hybridized carbons (Fsp3) is 0.500. The third kappa shape index (κ3) is 2.86. The summed E-state index contributed by atoms with van der Waals surface area (Å²) < 4.78 is 10.2. The standard InChI is InChI=1S/C14H19NO5/c1-9-14(18,5-6-20-9)8-15-13(17)10-3-4-12(19-2)11(16)7-10/h3-4,7,9,16,18H,5-6,8H2,1-2H3,(H,15,17). The summed E-state index contributed by atoms with van der Waals surface area (Å²) in [5.74, 6) is -0.162. The van der Waals surface area contributed by atoms with Crippen molar-refractivity contribution < 1.29 is 24.5 Å². The van der Waals surface area contributed by atoms with Gasteiger partial charge in [-0.1, -0.05) is 0 Å². The fourth-order valence-corrected chi connectivity index (χ4v) is 2.17. The molecule has 1 saturated heterocycles. The van der Waals surface area contributed by atoms with Crippen molar-refractivity contribution in [3.63, 3.8) is 0 Å². The molecule has 1 heterocycles. The summed E-state index contributed by atoms with van der Waals surface area (Å²) in [5, 5.41) is 22.6. The first-order valence-electron chi connectivity index (χ1n) is 6.45. The molecular formula is C14H19NO5. The normalized spacial score (nSPS) is 25.4. The van der Waals surface area contributed by atoms with Gasteiger partial charge < -0.3 is 25.0 Å². The van der Waals surface area contributed by atoms with E-state index in [1.165, 1.54) is 19.2 Å². The van der Waals surface area contributed by atoms with E-state index in [4.69, 9.17) is 9.47 Å². The van der Waals surface area contributed by atoms with Crippen molar-refractivity contribution in [3.8, 4) is 11.5 Å². The Hall–Kier alpha value is -1.79. The lowest BCUT2D eigenvalue weighted by Gasteiger charge is -2.26. The molecule has 1 aliphatic heterocycles. The molecule has 3 N–H and O–H groups in total. The number of rotatable bonds is 4. The van der Waals surface area contributed by atoms with E-state index in [-0.39, 0.29) is 24.3 Å². The van der Waals surface area contributed by atoms with E-state index in [1.807, 2.05) is 0 Å². The van der Waals surface area contributed by atoms with Gasteiger partial charge in [0.05, 0.1) is 13.2 Å². The van der Waals surface area contributed by atoms with Crippen molar-refractivity contribution in [2.75, 3.05) is 20.3 Å². The number of aliphatic hydroxyl groups is 1. The molecule has 6 nitrogen and oxygen atoms in total. The smallest absolute Gasteiger partial charge is 0.251 e. The van der Waals surface area contributed by atoms with Gasteiger partial charge in [-0.25, -0.2) is 0 Å².